The van der Waals surface area contributed by atoms with Crippen LogP contribution in [0.2, 0.25) is 5.02 Å². The van der Waals surface area contributed by atoms with Gasteiger partial charge in [0.2, 0.25) is 11.8 Å². The molecule has 1 aromatic carbocycles. The standard InChI is InChI=1S/C18H24ClFN2O2/c1-11(2)16(22-17(23)12-6-4-3-5-7-12)18(24)21-13-8-9-15(20)14(19)10-13/h8-12,16H,3-7H2,1-2H3,(H,21,24)(H,22,23)/t16-/m0/s1. The van der Waals surface area contributed by atoms with Crippen LogP contribution in [0.5, 0.6) is 0 Å². The fourth-order valence-corrected chi connectivity index (χ4v) is 3.15. The summed E-state index contributed by atoms with van der Waals surface area (Å²) in [6.07, 6.45) is 5.05. The third-order valence-corrected chi connectivity index (χ3v) is 4.70. The monoisotopic (exact) mass is 354 g/mol. The Kier molecular flexibility index (Phi) is 6.60. The zero-order valence-electron chi connectivity index (χ0n) is 14.1. The maximum Gasteiger partial charge on any atom is 0.247 e. The van der Waals surface area contributed by atoms with Gasteiger partial charge in [-0.25, -0.2) is 4.39 Å². The highest BCUT2D eigenvalue weighted by Gasteiger charge is 2.28. The second kappa shape index (κ2) is 8.47. The minimum atomic E-state index is -0.636. The van der Waals surface area contributed by atoms with Crippen molar-refractivity contribution in [3.05, 3.63) is 29.0 Å². The average molecular weight is 355 g/mol. The summed E-state index contributed by atoms with van der Waals surface area (Å²) in [6.45, 7) is 3.76. The van der Waals surface area contributed by atoms with Gasteiger partial charge in [-0.3, -0.25) is 9.59 Å². The molecular weight excluding hydrogens is 331 g/mol. The van der Waals surface area contributed by atoms with E-state index in [0.717, 1.165) is 25.7 Å². The average Bonchev–Trinajstić information content (AvgIpc) is 2.56. The molecule has 1 aliphatic rings. The summed E-state index contributed by atoms with van der Waals surface area (Å²) in [7, 11) is 0. The molecule has 2 N–H and O–H groups in total. The highest BCUT2D eigenvalue weighted by atomic mass is 35.5. The first kappa shape index (κ1) is 18.7. The Morgan fingerprint density at radius 3 is 2.46 bits per heavy atom. The number of hydrogen-bond acceptors (Lipinski definition) is 2. The molecule has 1 aromatic rings. The van der Waals surface area contributed by atoms with Crippen molar-refractivity contribution in [2.45, 2.75) is 52.0 Å². The number of halogens is 2. The van der Waals surface area contributed by atoms with Gasteiger partial charge in [-0.05, 0) is 37.0 Å². The van der Waals surface area contributed by atoms with Crippen LogP contribution in [0.15, 0.2) is 18.2 Å². The molecule has 0 bridgehead atoms. The van der Waals surface area contributed by atoms with Crippen molar-refractivity contribution in [1.29, 1.82) is 0 Å². The van der Waals surface area contributed by atoms with E-state index < -0.39 is 11.9 Å². The van der Waals surface area contributed by atoms with E-state index in [0.29, 0.717) is 5.69 Å². The topological polar surface area (TPSA) is 58.2 Å². The summed E-state index contributed by atoms with van der Waals surface area (Å²) < 4.78 is 13.2. The lowest BCUT2D eigenvalue weighted by atomic mass is 9.88. The van der Waals surface area contributed by atoms with Gasteiger partial charge in [0.05, 0.1) is 5.02 Å². The maximum atomic E-state index is 13.2. The molecule has 2 rings (SSSR count). The van der Waals surface area contributed by atoms with Crippen molar-refractivity contribution in [2.24, 2.45) is 11.8 Å². The fraction of sp³-hybridized carbons (Fsp3) is 0.556. The molecule has 0 saturated heterocycles. The Morgan fingerprint density at radius 1 is 1.21 bits per heavy atom. The summed E-state index contributed by atoms with van der Waals surface area (Å²) >= 11 is 5.73. The van der Waals surface area contributed by atoms with Crippen LogP contribution in [-0.4, -0.2) is 17.9 Å². The number of hydrogen-bond donors (Lipinski definition) is 2. The lowest BCUT2D eigenvalue weighted by molar-refractivity contribution is -0.130. The molecular formula is C18H24ClFN2O2. The first-order chi connectivity index (χ1) is 11.4. The van der Waals surface area contributed by atoms with Gasteiger partial charge in [0, 0.05) is 11.6 Å². The predicted molar refractivity (Wildman–Crippen MR) is 93.4 cm³/mol. The number of nitrogens with one attached hydrogen (secondary N) is 2. The maximum absolute atomic E-state index is 13.2. The van der Waals surface area contributed by atoms with Crippen molar-refractivity contribution in [3.8, 4) is 0 Å². The van der Waals surface area contributed by atoms with E-state index in [1.54, 1.807) is 0 Å². The first-order valence-electron chi connectivity index (χ1n) is 8.44. The third kappa shape index (κ3) is 4.94. The number of anilines is 1. The largest absolute Gasteiger partial charge is 0.344 e. The predicted octanol–water partition coefficient (Wildman–Crippen LogP) is 4.14. The van der Waals surface area contributed by atoms with Crippen LogP contribution >= 0.6 is 11.6 Å². The van der Waals surface area contributed by atoms with E-state index in [1.165, 1.54) is 24.6 Å². The second-order valence-corrected chi connectivity index (χ2v) is 7.09. The molecule has 0 radical (unpaired) electrons. The summed E-state index contributed by atoms with van der Waals surface area (Å²) in [5.74, 6) is -0.986. The van der Waals surface area contributed by atoms with Gasteiger partial charge in [0.1, 0.15) is 11.9 Å². The van der Waals surface area contributed by atoms with Gasteiger partial charge in [-0.2, -0.15) is 0 Å². The molecule has 0 aliphatic heterocycles. The Morgan fingerprint density at radius 2 is 1.88 bits per heavy atom. The quantitative estimate of drug-likeness (QED) is 0.834. The molecule has 1 aliphatic carbocycles. The fourth-order valence-electron chi connectivity index (χ4n) is 2.96. The summed E-state index contributed by atoms with van der Waals surface area (Å²) in [5.41, 5.74) is 0.406. The normalized spacial score (nSPS) is 16.7. The molecule has 2 amide bonds. The minimum absolute atomic E-state index is 0.00642. The van der Waals surface area contributed by atoms with E-state index >= 15 is 0 Å². The third-order valence-electron chi connectivity index (χ3n) is 4.41. The van der Waals surface area contributed by atoms with Gasteiger partial charge in [-0.15, -0.1) is 0 Å². The van der Waals surface area contributed by atoms with Crippen LogP contribution < -0.4 is 10.6 Å². The highest BCUT2D eigenvalue weighted by Crippen LogP contribution is 2.24. The van der Waals surface area contributed by atoms with Gasteiger partial charge in [0.15, 0.2) is 0 Å². The zero-order valence-corrected chi connectivity index (χ0v) is 14.8. The van der Waals surface area contributed by atoms with Gasteiger partial charge in [-0.1, -0.05) is 44.7 Å². The lowest BCUT2D eigenvalue weighted by Crippen LogP contribution is -2.49. The van der Waals surface area contributed by atoms with Crippen molar-refractivity contribution < 1.29 is 14.0 Å². The van der Waals surface area contributed by atoms with Gasteiger partial charge in [0.25, 0.3) is 0 Å². The molecule has 4 nitrogen and oxygen atoms in total. The van der Waals surface area contributed by atoms with E-state index in [4.69, 9.17) is 11.6 Å². The van der Waals surface area contributed by atoms with Crippen molar-refractivity contribution in [2.75, 3.05) is 5.32 Å². The molecule has 132 valence electrons. The molecule has 0 aromatic heterocycles. The van der Waals surface area contributed by atoms with Crippen LogP contribution in [0.1, 0.15) is 46.0 Å². The minimum Gasteiger partial charge on any atom is -0.344 e. The van der Waals surface area contributed by atoms with Crippen LogP contribution in [0, 0.1) is 17.7 Å². The number of carbonyl (C=O) groups excluding carboxylic acids is 2. The van der Waals surface area contributed by atoms with Crippen LogP contribution in [0.4, 0.5) is 10.1 Å². The van der Waals surface area contributed by atoms with Crippen molar-refractivity contribution in [1.82, 2.24) is 5.32 Å². The highest BCUT2D eigenvalue weighted by molar-refractivity contribution is 6.31. The van der Waals surface area contributed by atoms with E-state index in [2.05, 4.69) is 10.6 Å². The SMILES string of the molecule is CC(C)[C@H](NC(=O)C1CCCCC1)C(=O)Nc1ccc(F)c(Cl)c1. The lowest BCUT2D eigenvalue weighted by Gasteiger charge is -2.26. The Bertz CT molecular complexity index is 601. The van der Waals surface area contributed by atoms with E-state index in [-0.39, 0.29) is 28.7 Å². The van der Waals surface area contributed by atoms with Gasteiger partial charge < -0.3 is 10.6 Å². The van der Waals surface area contributed by atoms with Crippen molar-refractivity contribution >= 4 is 29.1 Å². The molecule has 1 atom stereocenters. The van der Waals surface area contributed by atoms with E-state index in [9.17, 15) is 14.0 Å². The molecule has 24 heavy (non-hydrogen) atoms. The molecule has 1 saturated carbocycles. The van der Waals surface area contributed by atoms with Crippen molar-refractivity contribution in [3.63, 3.8) is 0 Å². The molecule has 0 unspecified atom stereocenters. The number of benzene rings is 1. The molecule has 0 heterocycles. The zero-order chi connectivity index (χ0) is 17.7. The van der Waals surface area contributed by atoms with E-state index in [1.807, 2.05) is 13.8 Å². The molecule has 0 spiro atoms. The smallest absolute Gasteiger partial charge is 0.247 e. The van der Waals surface area contributed by atoms with Crippen LogP contribution in [0.3, 0.4) is 0 Å². The second-order valence-electron chi connectivity index (χ2n) is 6.68. The summed E-state index contributed by atoms with van der Waals surface area (Å²) in [4.78, 5) is 24.9. The molecule has 6 heteroatoms. The Hall–Kier alpha value is -1.62. The Balaban J connectivity index is 2.01. The van der Waals surface area contributed by atoms with Crippen LogP contribution in [0.25, 0.3) is 0 Å². The number of amides is 2. The van der Waals surface area contributed by atoms with Gasteiger partial charge >= 0.3 is 0 Å². The number of rotatable bonds is 5. The molecule has 1 fully saturated rings. The van der Waals surface area contributed by atoms with Crippen LogP contribution in [-0.2, 0) is 9.59 Å². The summed E-state index contributed by atoms with van der Waals surface area (Å²) in [6, 6.07) is 3.36. The Labute approximate surface area is 147 Å². The first-order valence-corrected chi connectivity index (χ1v) is 8.82. The number of carbonyl (C=O) groups is 2. The summed E-state index contributed by atoms with van der Waals surface area (Å²) in [5, 5.41) is 5.51.